The van der Waals surface area contributed by atoms with Gasteiger partial charge in [0.05, 0.1) is 12.5 Å². The van der Waals surface area contributed by atoms with Crippen LogP contribution in [-0.4, -0.2) is 47.6 Å². The number of piperazine rings is 1. The Morgan fingerprint density at radius 2 is 2.15 bits per heavy atom. The van der Waals surface area contributed by atoms with Gasteiger partial charge in [-0.05, 0) is 18.5 Å². The second kappa shape index (κ2) is 8.42. The van der Waals surface area contributed by atoms with E-state index < -0.39 is 0 Å². The van der Waals surface area contributed by atoms with Gasteiger partial charge in [0.15, 0.2) is 5.82 Å². The molecule has 1 aromatic heterocycles. The van der Waals surface area contributed by atoms with E-state index >= 15 is 0 Å². The number of hydrogen-bond donors (Lipinski definition) is 2. The van der Waals surface area contributed by atoms with Crippen molar-refractivity contribution in [3.8, 4) is 0 Å². The number of nitrogens with zero attached hydrogens (tertiary/aromatic N) is 3. The predicted octanol–water partition coefficient (Wildman–Crippen LogP) is 1.70. The zero-order valence-corrected chi connectivity index (χ0v) is 15.6. The standard InChI is InChI=1S/C19H27N5O2/c1-13(2)17(21-16(25)11-14-7-5-4-6-8-14)19-22-18(23-26-19)15-12-20-9-10-24(15)3/h4-8,13,15,17,20H,9-12H2,1-3H3,(H,21,25). The minimum atomic E-state index is -0.297. The van der Waals surface area contributed by atoms with Crippen molar-refractivity contribution in [1.29, 1.82) is 0 Å². The van der Waals surface area contributed by atoms with E-state index in [1.54, 1.807) is 0 Å². The van der Waals surface area contributed by atoms with Crippen molar-refractivity contribution in [2.45, 2.75) is 32.4 Å². The number of amides is 1. The zero-order chi connectivity index (χ0) is 18.5. The second-order valence-corrected chi connectivity index (χ2v) is 7.14. The van der Waals surface area contributed by atoms with Crippen molar-refractivity contribution in [3.05, 3.63) is 47.6 Å². The quantitative estimate of drug-likeness (QED) is 0.819. The normalized spacial score (nSPS) is 19.5. The van der Waals surface area contributed by atoms with E-state index in [0.717, 1.165) is 25.2 Å². The lowest BCUT2D eigenvalue weighted by Crippen LogP contribution is -2.44. The Hall–Kier alpha value is -2.25. The van der Waals surface area contributed by atoms with E-state index in [4.69, 9.17) is 4.52 Å². The topological polar surface area (TPSA) is 83.3 Å². The van der Waals surface area contributed by atoms with Crippen LogP contribution in [0.15, 0.2) is 34.9 Å². The van der Waals surface area contributed by atoms with Crippen LogP contribution in [0.4, 0.5) is 0 Å². The second-order valence-electron chi connectivity index (χ2n) is 7.14. The van der Waals surface area contributed by atoms with E-state index in [1.165, 1.54) is 0 Å². The van der Waals surface area contributed by atoms with E-state index in [0.29, 0.717) is 18.1 Å². The first-order valence-corrected chi connectivity index (χ1v) is 9.12. The first-order chi connectivity index (χ1) is 12.5. The molecule has 0 bridgehead atoms. The number of likely N-dealkylation sites (N-methyl/N-ethyl adjacent to an activating group) is 1. The third-order valence-corrected chi connectivity index (χ3v) is 4.72. The van der Waals surface area contributed by atoms with Gasteiger partial charge in [-0.25, -0.2) is 0 Å². The van der Waals surface area contributed by atoms with Crippen molar-refractivity contribution in [2.24, 2.45) is 5.92 Å². The molecule has 2 aromatic rings. The summed E-state index contributed by atoms with van der Waals surface area (Å²) in [5.74, 6) is 1.23. The molecule has 140 valence electrons. The lowest BCUT2D eigenvalue weighted by Gasteiger charge is -2.30. The Kier molecular flexibility index (Phi) is 6.00. The largest absolute Gasteiger partial charge is 0.344 e. The van der Waals surface area contributed by atoms with Gasteiger partial charge in [-0.2, -0.15) is 4.98 Å². The van der Waals surface area contributed by atoms with Gasteiger partial charge in [-0.15, -0.1) is 0 Å². The molecule has 1 saturated heterocycles. The van der Waals surface area contributed by atoms with Gasteiger partial charge >= 0.3 is 0 Å². The average molecular weight is 357 g/mol. The fourth-order valence-electron chi connectivity index (χ4n) is 3.12. The van der Waals surface area contributed by atoms with E-state index in [1.807, 2.05) is 44.2 Å². The van der Waals surface area contributed by atoms with Crippen LogP contribution >= 0.6 is 0 Å². The minimum absolute atomic E-state index is 0.0499. The molecule has 1 fully saturated rings. The molecule has 2 N–H and O–H groups in total. The van der Waals surface area contributed by atoms with Crippen LogP contribution in [0, 0.1) is 5.92 Å². The Morgan fingerprint density at radius 3 is 2.85 bits per heavy atom. The van der Waals surface area contributed by atoms with Crippen molar-refractivity contribution >= 4 is 5.91 Å². The van der Waals surface area contributed by atoms with Crippen LogP contribution in [0.25, 0.3) is 0 Å². The molecule has 1 aliphatic heterocycles. The number of nitrogens with one attached hydrogen (secondary N) is 2. The van der Waals surface area contributed by atoms with E-state index in [9.17, 15) is 4.79 Å². The predicted molar refractivity (Wildman–Crippen MR) is 98.4 cm³/mol. The molecule has 0 spiro atoms. The van der Waals surface area contributed by atoms with Crippen molar-refractivity contribution in [2.75, 3.05) is 26.7 Å². The Labute approximate surface area is 154 Å². The molecule has 2 heterocycles. The monoisotopic (exact) mass is 357 g/mol. The van der Waals surface area contributed by atoms with E-state index in [2.05, 4.69) is 32.7 Å². The molecular weight excluding hydrogens is 330 g/mol. The molecule has 0 radical (unpaired) electrons. The zero-order valence-electron chi connectivity index (χ0n) is 15.6. The molecular formula is C19H27N5O2. The summed E-state index contributed by atoms with van der Waals surface area (Å²) < 4.78 is 5.51. The highest BCUT2D eigenvalue weighted by molar-refractivity contribution is 5.78. The Balaban J connectivity index is 1.69. The Bertz CT molecular complexity index is 716. The molecule has 0 aliphatic carbocycles. The van der Waals surface area contributed by atoms with Gasteiger partial charge in [0.25, 0.3) is 0 Å². The molecule has 1 aliphatic rings. The van der Waals surface area contributed by atoms with Crippen LogP contribution in [0.5, 0.6) is 0 Å². The van der Waals surface area contributed by atoms with Gasteiger partial charge in [-0.1, -0.05) is 49.3 Å². The highest BCUT2D eigenvalue weighted by Crippen LogP contribution is 2.24. The third-order valence-electron chi connectivity index (χ3n) is 4.72. The molecule has 0 saturated carbocycles. The summed E-state index contributed by atoms with van der Waals surface area (Å²) in [5, 5.41) is 10.6. The maximum Gasteiger partial charge on any atom is 0.249 e. The highest BCUT2D eigenvalue weighted by atomic mass is 16.5. The molecule has 26 heavy (non-hydrogen) atoms. The van der Waals surface area contributed by atoms with Crippen molar-refractivity contribution in [1.82, 2.24) is 25.7 Å². The average Bonchev–Trinajstić information content (AvgIpc) is 3.10. The first kappa shape index (κ1) is 18.5. The van der Waals surface area contributed by atoms with Crippen LogP contribution in [0.3, 0.4) is 0 Å². The fourth-order valence-corrected chi connectivity index (χ4v) is 3.12. The van der Waals surface area contributed by atoms with Crippen molar-refractivity contribution < 1.29 is 9.32 Å². The number of carbonyl (C=O) groups is 1. The van der Waals surface area contributed by atoms with Crippen LogP contribution in [0.1, 0.15) is 43.2 Å². The van der Waals surface area contributed by atoms with Gasteiger partial charge in [0.2, 0.25) is 11.8 Å². The summed E-state index contributed by atoms with van der Waals surface area (Å²) in [7, 11) is 2.06. The lowest BCUT2D eigenvalue weighted by molar-refractivity contribution is -0.121. The number of carbonyl (C=O) groups excluding carboxylic acids is 1. The SMILES string of the molecule is CC(C)C(NC(=O)Cc1ccccc1)c1nc(C2CNCCN2C)no1. The first-order valence-electron chi connectivity index (χ1n) is 9.12. The van der Waals surface area contributed by atoms with E-state index in [-0.39, 0.29) is 23.9 Å². The number of hydrogen-bond acceptors (Lipinski definition) is 6. The van der Waals surface area contributed by atoms with Crippen molar-refractivity contribution in [3.63, 3.8) is 0 Å². The number of aromatic nitrogens is 2. The molecule has 7 nitrogen and oxygen atoms in total. The summed E-state index contributed by atoms with van der Waals surface area (Å²) in [6, 6.07) is 9.49. The Morgan fingerprint density at radius 1 is 1.38 bits per heavy atom. The van der Waals surface area contributed by atoms with Gasteiger partial charge < -0.3 is 15.2 Å². The number of rotatable bonds is 6. The van der Waals surface area contributed by atoms with Crippen LogP contribution < -0.4 is 10.6 Å². The van der Waals surface area contributed by atoms with Gasteiger partial charge in [0.1, 0.15) is 6.04 Å². The van der Waals surface area contributed by atoms with Crippen LogP contribution in [-0.2, 0) is 11.2 Å². The third kappa shape index (κ3) is 4.47. The summed E-state index contributed by atoms with van der Waals surface area (Å²) >= 11 is 0. The maximum absolute atomic E-state index is 12.4. The molecule has 7 heteroatoms. The molecule has 2 atom stereocenters. The molecule has 3 rings (SSSR count). The minimum Gasteiger partial charge on any atom is -0.344 e. The van der Waals surface area contributed by atoms with Gasteiger partial charge in [-0.3, -0.25) is 9.69 Å². The maximum atomic E-state index is 12.4. The smallest absolute Gasteiger partial charge is 0.249 e. The van der Waals surface area contributed by atoms with Crippen LogP contribution in [0.2, 0.25) is 0 Å². The summed E-state index contributed by atoms with van der Waals surface area (Å²) in [4.78, 5) is 19.2. The lowest BCUT2D eigenvalue weighted by atomic mass is 10.0. The fraction of sp³-hybridized carbons (Fsp3) is 0.526. The summed E-state index contributed by atoms with van der Waals surface area (Å²) in [6.45, 7) is 6.76. The highest BCUT2D eigenvalue weighted by Gasteiger charge is 2.29. The summed E-state index contributed by atoms with van der Waals surface area (Å²) in [6.07, 6.45) is 0.334. The summed E-state index contributed by atoms with van der Waals surface area (Å²) in [5.41, 5.74) is 0.980. The molecule has 1 aromatic carbocycles. The number of benzene rings is 1. The molecule has 1 amide bonds. The van der Waals surface area contributed by atoms with Gasteiger partial charge in [0, 0.05) is 19.6 Å². The molecule has 2 unspecified atom stereocenters.